The first kappa shape index (κ1) is 26.4. The highest BCUT2D eigenvalue weighted by Crippen LogP contribution is 2.37. The fourth-order valence-corrected chi connectivity index (χ4v) is 4.19. The number of halogens is 3. The monoisotopic (exact) mass is 466 g/mol. The van der Waals surface area contributed by atoms with Crippen molar-refractivity contribution in [1.82, 2.24) is 9.80 Å². The number of nitrogens with zero attached hydrogens (tertiary/aromatic N) is 2. The quantitative estimate of drug-likeness (QED) is 0.440. The molecule has 11 heteroatoms. The zero-order valence-corrected chi connectivity index (χ0v) is 19.3. The van der Waals surface area contributed by atoms with Crippen LogP contribution in [0, 0.1) is 5.92 Å². The average Bonchev–Trinajstić information content (AvgIpc) is 3.23. The molecular formula is C21H33F3N2O6. The van der Waals surface area contributed by atoms with Crippen LogP contribution in [-0.2, 0) is 28.6 Å². The van der Waals surface area contributed by atoms with Crippen molar-refractivity contribution >= 4 is 17.8 Å². The minimum atomic E-state index is -5.20. The van der Waals surface area contributed by atoms with E-state index in [4.69, 9.17) is 14.2 Å². The van der Waals surface area contributed by atoms with Gasteiger partial charge in [-0.15, -0.1) is 0 Å². The number of likely N-dealkylation sites (N-methyl/N-ethyl adjacent to an activating group) is 1. The van der Waals surface area contributed by atoms with Crippen LogP contribution < -0.4 is 0 Å². The molecule has 0 spiro atoms. The van der Waals surface area contributed by atoms with Crippen molar-refractivity contribution in [1.29, 1.82) is 0 Å². The Morgan fingerprint density at radius 3 is 1.94 bits per heavy atom. The maximum atomic E-state index is 13.4. The van der Waals surface area contributed by atoms with Crippen LogP contribution in [0.2, 0.25) is 0 Å². The van der Waals surface area contributed by atoms with Gasteiger partial charge in [-0.2, -0.15) is 13.2 Å². The topological polar surface area (TPSA) is 85.4 Å². The van der Waals surface area contributed by atoms with Crippen molar-refractivity contribution in [2.75, 3.05) is 27.2 Å². The maximum Gasteiger partial charge on any atom is 0.471 e. The van der Waals surface area contributed by atoms with Crippen molar-refractivity contribution < 1.29 is 41.8 Å². The molecule has 0 aromatic heterocycles. The van der Waals surface area contributed by atoms with Crippen LogP contribution in [0.4, 0.5) is 13.2 Å². The predicted molar refractivity (Wildman–Crippen MR) is 107 cm³/mol. The molecule has 0 aromatic rings. The molecule has 1 amide bonds. The Morgan fingerprint density at radius 2 is 1.50 bits per heavy atom. The molecule has 1 saturated heterocycles. The third-order valence-corrected chi connectivity index (χ3v) is 5.74. The van der Waals surface area contributed by atoms with Gasteiger partial charge < -0.3 is 14.2 Å². The summed E-state index contributed by atoms with van der Waals surface area (Å²) in [5.41, 5.74) is -1.02. The van der Waals surface area contributed by atoms with Gasteiger partial charge in [0.1, 0.15) is 5.60 Å². The number of likely N-dealkylation sites (tertiary alicyclic amines) is 1. The molecule has 32 heavy (non-hydrogen) atoms. The number of carbonyl (C=O) groups excluding carboxylic acids is 3. The first-order valence-corrected chi connectivity index (χ1v) is 10.8. The van der Waals surface area contributed by atoms with E-state index in [0.29, 0.717) is 43.4 Å². The van der Waals surface area contributed by atoms with E-state index >= 15 is 0 Å². The number of hydrogen-bond acceptors (Lipinski definition) is 7. The second-order valence-electron chi connectivity index (χ2n) is 9.28. The molecule has 1 atom stereocenters. The van der Waals surface area contributed by atoms with Crippen LogP contribution in [-0.4, -0.2) is 78.6 Å². The molecule has 0 aromatic carbocycles. The van der Waals surface area contributed by atoms with E-state index in [0.717, 1.165) is 7.05 Å². The third-order valence-electron chi connectivity index (χ3n) is 5.74. The van der Waals surface area contributed by atoms with Crippen LogP contribution in [0.15, 0.2) is 0 Å². The number of esters is 2. The largest absolute Gasteiger partial charge is 0.471 e. The Kier molecular flexibility index (Phi) is 8.20. The average molecular weight is 466 g/mol. The van der Waals surface area contributed by atoms with Crippen LogP contribution in [0.3, 0.4) is 0 Å². The van der Waals surface area contributed by atoms with Crippen LogP contribution >= 0.6 is 0 Å². The van der Waals surface area contributed by atoms with E-state index in [2.05, 4.69) is 0 Å². The summed E-state index contributed by atoms with van der Waals surface area (Å²) in [5, 5.41) is 0. The third kappa shape index (κ3) is 5.92. The van der Waals surface area contributed by atoms with Gasteiger partial charge in [-0.25, -0.2) is 9.69 Å². The van der Waals surface area contributed by atoms with Gasteiger partial charge in [0.25, 0.3) is 0 Å². The maximum absolute atomic E-state index is 13.4. The highest BCUT2D eigenvalue weighted by atomic mass is 19.4. The van der Waals surface area contributed by atoms with Gasteiger partial charge in [-0.05, 0) is 59.3 Å². The molecule has 8 nitrogen and oxygen atoms in total. The first-order chi connectivity index (χ1) is 14.7. The van der Waals surface area contributed by atoms with Crippen molar-refractivity contribution in [2.45, 2.75) is 83.0 Å². The lowest BCUT2D eigenvalue weighted by Crippen LogP contribution is -2.70. The minimum Gasteiger partial charge on any atom is -0.469 e. The van der Waals surface area contributed by atoms with Gasteiger partial charge in [0.05, 0.1) is 19.1 Å². The lowest BCUT2D eigenvalue weighted by atomic mass is 9.87. The molecule has 0 bridgehead atoms. The summed E-state index contributed by atoms with van der Waals surface area (Å²) < 4.78 is 56.6. The smallest absolute Gasteiger partial charge is 0.469 e. The molecule has 1 heterocycles. The summed E-state index contributed by atoms with van der Waals surface area (Å²) in [4.78, 5) is 39.3. The number of rotatable bonds is 6. The van der Waals surface area contributed by atoms with E-state index in [9.17, 15) is 27.6 Å². The minimum absolute atomic E-state index is 0.270. The van der Waals surface area contributed by atoms with E-state index in [-0.39, 0.29) is 25.0 Å². The Morgan fingerprint density at radius 1 is 0.969 bits per heavy atom. The van der Waals surface area contributed by atoms with E-state index in [1.54, 1.807) is 20.8 Å². The lowest BCUT2D eigenvalue weighted by molar-refractivity contribution is -0.278. The fourth-order valence-electron chi connectivity index (χ4n) is 4.19. The van der Waals surface area contributed by atoms with Crippen molar-refractivity contribution in [3.63, 3.8) is 0 Å². The summed E-state index contributed by atoms with van der Waals surface area (Å²) in [5.74, 6) is -6.32. The van der Waals surface area contributed by atoms with Crippen molar-refractivity contribution in [2.24, 2.45) is 5.92 Å². The first-order valence-electron chi connectivity index (χ1n) is 10.8. The number of alkyl halides is 3. The highest BCUT2D eigenvalue weighted by Gasteiger charge is 2.59. The molecule has 1 aliphatic heterocycles. The number of amides is 1. The van der Waals surface area contributed by atoms with Gasteiger partial charge in [0.2, 0.25) is 0 Å². The Hall–Kier alpha value is -1.88. The van der Waals surface area contributed by atoms with Gasteiger partial charge in [0, 0.05) is 20.1 Å². The van der Waals surface area contributed by atoms with E-state index in [1.165, 1.54) is 12.0 Å². The Labute approximate surface area is 186 Å². The molecule has 2 aliphatic rings. The van der Waals surface area contributed by atoms with Gasteiger partial charge in [-0.3, -0.25) is 14.5 Å². The molecule has 1 saturated carbocycles. The SMILES string of the molecule is COC(=O)[C@H]1CC[C@H](OC(C(=O)OC(C)(C)C)(N2CCCC2)N(C)C(=O)C(F)(F)F)CC1. The molecule has 2 fully saturated rings. The number of hydrogen-bond donors (Lipinski definition) is 0. The zero-order chi connectivity index (χ0) is 24.3. The molecular weight excluding hydrogens is 433 g/mol. The number of methoxy groups -OCH3 is 1. The second kappa shape index (κ2) is 9.94. The number of ether oxygens (including phenoxy) is 3. The summed E-state index contributed by atoms with van der Waals surface area (Å²) in [7, 11) is 2.21. The molecule has 184 valence electrons. The summed E-state index contributed by atoms with van der Waals surface area (Å²) >= 11 is 0. The zero-order valence-electron chi connectivity index (χ0n) is 19.3. The fraction of sp³-hybridized carbons (Fsp3) is 0.857. The normalized spacial score (nSPS) is 24.5. The number of carbonyl (C=O) groups is 3. The molecule has 2 rings (SSSR count). The standard InChI is InChI=1S/C21H33F3N2O6/c1-19(2,3)32-18(29)21(26-12-6-7-13-26,25(4)17(28)20(22,23)24)31-15-10-8-14(9-11-15)16(27)30-5/h14-15H,6-13H2,1-5H3/t14-,15-,21?. The molecule has 1 aliphatic carbocycles. The molecule has 1 unspecified atom stereocenters. The van der Waals surface area contributed by atoms with Crippen LogP contribution in [0.5, 0.6) is 0 Å². The van der Waals surface area contributed by atoms with Crippen LogP contribution in [0.1, 0.15) is 59.3 Å². The van der Waals surface area contributed by atoms with Crippen molar-refractivity contribution in [3.05, 3.63) is 0 Å². The predicted octanol–water partition coefficient (Wildman–Crippen LogP) is 2.85. The Balaban J connectivity index is 2.42. The van der Waals surface area contributed by atoms with E-state index < -0.39 is 35.6 Å². The summed E-state index contributed by atoms with van der Waals surface area (Å²) in [6.07, 6.45) is -3.12. The van der Waals surface area contributed by atoms with E-state index in [1.807, 2.05) is 0 Å². The molecule has 0 N–H and O–H groups in total. The molecule has 0 radical (unpaired) electrons. The van der Waals surface area contributed by atoms with Gasteiger partial charge >= 0.3 is 29.9 Å². The highest BCUT2D eigenvalue weighted by molar-refractivity contribution is 5.89. The Bertz CT molecular complexity index is 695. The van der Waals surface area contributed by atoms with Crippen LogP contribution in [0.25, 0.3) is 0 Å². The van der Waals surface area contributed by atoms with Crippen molar-refractivity contribution in [3.8, 4) is 0 Å². The second-order valence-corrected chi connectivity index (χ2v) is 9.28. The summed E-state index contributed by atoms with van der Waals surface area (Å²) in [6, 6.07) is 0. The summed E-state index contributed by atoms with van der Waals surface area (Å²) in [6.45, 7) is 5.31. The van der Waals surface area contributed by atoms with Gasteiger partial charge in [-0.1, -0.05) is 0 Å². The lowest BCUT2D eigenvalue weighted by Gasteiger charge is -2.47. The van der Waals surface area contributed by atoms with Gasteiger partial charge in [0.15, 0.2) is 0 Å².